The van der Waals surface area contributed by atoms with Crippen LogP contribution in [0, 0.1) is 18.6 Å². The largest absolute Gasteiger partial charge is 0.478 e. The number of halogens is 2. The molecule has 0 atom stereocenters. The second-order valence-corrected chi connectivity index (χ2v) is 4.18. The fourth-order valence-electron chi connectivity index (χ4n) is 1.69. The first-order chi connectivity index (χ1) is 9.38. The zero-order valence-electron chi connectivity index (χ0n) is 10.5. The molecule has 0 bridgehead atoms. The predicted molar refractivity (Wildman–Crippen MR) is 69.0 cm³/mol. The van der Waals surface area contributed by atoms with E-state index in [1.165, 1.54) is 12.1 Å². The van der Waals surface area contributed by atoms with Gasteiger partial charge in [-0.2, -0.15) is 0 Å². The number of carboxylic acid groups (broad SMARTS) is 1. The topological polar surface area (TPSA) is 72.5 Å². The highest BCUT2D eigenvalue weighted by atomic mass is 19.1. The van der Waals surface area contributed by atoms with Crippen molar-refractivity contribution in [1.29, 1.82) is 0 Å². The number of anilines is 1. The molecule has 0 amide bonds. The van der Waals surface area contributed by atoms with Gasteiger partial charge in [0.05, 0.1) is 5.56 Å². The fraction of sp³-hybridized carbons (Fsp3) is 0.0714. The maximum atomic E-state index is 13.5. The minimum atomic E-state index is -1.21. The van der Waals surface area contributed by atoms with Crippen LogP contribution in [0.25, 0.3) is 0 Å². The van der Waals surface area contributed by atoms with Crippen molar-refractivity contribution in [3.05, 3.63) is 53.1 Å². The monoisotopic (exact) mass is 279 g/mol. The Labute approximate surface area is 113 Å². The summed E-state index contributed by atoms with van der Waals surface area (Å²) in [5.74, 6) is -2.91. The fourth-order valence-corrected chi connectivity index (χ4v) is 1.69. The van der Waals surface area contributed by atoms with E-state index in [0.29, 0.717) is 11.6 Å². The normalized spacial score (nSPS) is 10.3. The van der Waals surface area contributed by atoms with Crippen molar-refractivity contribution in [1.82, 2.24) is 0 Å². The molecule has 0 saturated carbocycles. The number of benzene rings is 2. The molecular weight excluding hydrogens is 268 g/mol. The summed E-state index contributed by atoms with van der Waals surface area (Å²) < 4.78 is 31.5. The molecule has 0 aliphatic heterocycles. The lowest BCUT2D eigenvalue weighted by Crippen LogP contribution is -2.04. The number of nitrogens with two attached hydrogens (primary N) is 1. The van der Waals surface area contributed by atoms with Crippen LogP contribution in [0.15, 0.2) is 30.3 Å². The second kappa shape index (κ2) is 5.16. The summed E-state index contributed by atoms with van der Waals surface area (Å²) in [4.78, 5) is 11.0. The third-order valence-corrected chi connectivity index (χ3v) is 2.71. The maximum absolute atomic E-state index is 13.5. The first-order valence-electron chi connectivity index (χ1n) is 5.65. The Balaban J connectivity index is 2.41. The standard InChI is InChI=1S/C14H11F2NO3/c1-7-4-9(6-10(13(7)17)14(18)19)20-12-3-2-8(15)5-11(12)16/h2-6H,17H2,1H3,(H,18,19). The molecule has 2 rings (SSSR count). The van der Waals surface area contributed by atoms with Gasteiger partial charge in [-0.3, -0.25) is 0 Å². The quantitative estimate of drug-likeness (QED) is 0.845. The number of hydrogen-bond donors (Lipinski definition) is 2. The van der Waals surface area contributed by atoms with Gasteiger partial charge in [0.15, 0.2) is 11.6 Å². The number of nitrogen functional groups attached to an aromatic ring is 1. The number of hydrogen-bond acceptors (Lipinski definition) is 3. The van der Waals surface area contributed by atoms with E-state index in [9.17, 15) is 13.6 Å². The van der Waals surface area contributed by atoms with Crippen molar-refractivity contribution in [2.45, 2.75) is 6.92 Å². The Hall–Kier alpha value is -2.63. The molecule has 0 unspecified atom stereocenters. The lowest BCUT2D eigenvalue weighted by molar-refractivity contribution is 0.0697. The third-order valence-electron chi connectivity index (χ3n) is 2.71. The summed E-state index contributed by atoms with van der Waals surface area (Å²) in [6, 6.07) is 5.51. The predicted octanol–water partition coefficient (Wildman–Crippen LogP) is 3.35. The van der Waals surface area contributed by atoms with E-state index < -0.39 is 17.6 Å². The number of carbonyl (C=O) groups is 1. The average molecular weight is 279 g/mol. The van der Waals surface area contributed by atoms with Crippen LogP contribution in [0.4, 0.5) is 14.5 Å². The molecule has 0 radical (unpaired) electrons. The third kappa shape index (κ3) is 2.69. The summed E-state index contributed by atoms with van der Waals surface area (Å²) >= 11 is 0. The number of ether oxygens (including phenoxy) is 1. The maximum Gasteiger partial charge on any atom is 0.337 e. The highest BCUT2D eigenvalue weighted by Crippen LogP contribution is 2.29. The van der Waals surface area contributed by atoms with Crippen molar-refractivity contribution in [2.24, 2.45) is 0 Å². The van der Waals surface area contributed by atoms with Gasteiger partial charge in [0, 0.05) is 11.8 Å². The molecule has 6 heteroatoms. The molecule has 0 fully saturated rings. The molecule has 0 saturated heterocycles. The van der Waals surface area contributed by atoms with Crippen molar-refractivity contribution in [3.8, 4) is 11.5 Å². The van der Waals surface area contributed by atoms with E-state index in [0.717, 1.165) is 12.1 Å². The molecule has 0 aliphatic rings. The first-order valence-corrected chi connectivity index (χ1v) is 5.65. The van der Waals surface area contributed by atoms with E-state index in [2.05, 4.69) is 0 Å². The zero-order chi connectivity index (χ0) is 14.9. The van der Waals surface area contributed by atoms with Gasteiger partial charge in [-0.05, 0) is 36.8 Å². The van der Waals surface area contributed by atoms with Gasteiger partial charge < -0.3 is 15.6 Å². The number of rotatable bonds is 3. The Morgan fingerprint density at radius 2 is 1.95 bits per heavy atom. The molecule has 0 aromatic heterocycles. The van der Waals surface area contributed by atoms with Crippen molar-refractivity contribution in [3.63, 3.8) is 0 Å². The van der Waals surface area contributed by atoms with E-state index in [4.69, 9.17) is 15.6 Å². The molecule has 4 nitrogen and oxygen atoms in total. The lowest BCUT2D eigenvalue weighted by atomic mass is 10.1. The van der Waals surface area contributed by atoms with E-state index in [-0.39, 0.29) is 22.7 Å². The van der Waals surface area contributed by atoms with Crippen LogP contribution in [0.2, 0.25) is 0 Å². The molecule has 104 valence electrons. The molecule has 0 aliphatic carbocycles. The summed E-state index contributed by atoms with van der Waals surface area (Å²) in [5, 5.41) is 9.01. The van der Waals surface area contributed by atoms with Gasteiger partial charge in [-0.25, -0.2) is 13.6 Å². The molecule has 0 heterocycles. The average Bonchev–Trinajstić information content (AvgIpc) is 2.36. The Kier molecular flexibility index (Phi) is 3.56. The molecular formula is C14H11F2NO3. The first kappa shape index (κ1) is 13.8. The Morgan fingerprint density at radius 1 is 1.25 bits per heavy atom. The minimum absolute atomic E-state index is 0.111. The van der Waals surface area contributed by atoms with Crippen LogP contribution in [-0.4, -0.2) is 11.1 Å². The summed E-state index contributed by atoms with van der Waals surface area (Å²) in [7, 11) is 0. The molecule has 3 N–H and O–H groups in total. The Morgan fingerprint density at radius 3 is 2.55 bits per heavy atom. The smallest absolute Gasteiger partial charge is 0.337 e. The van der Waals surface area contributed by atoms with Crippen LogP contribution >= 0.6 is 0 Å². The molecule has 0 spiro atoms. The highest BCUT2D eigenvalue weighted by molar-refractivity contribution is 5.95. The van der Waals surface area contributed by atoms with Crippen molar-refractivity contribution < 1.29 is 23.4 Å². The van der Waals surface area contributed by atoms with Crippen LogP contribution in [-0.2, 0) is 0 Å². The van der Waals surface area contributed by atoms with Gasteiger partial charge in [0.25, 0.3) is 0 Å². The highest BCUT2D eigenvalue weighted by Gasteiger charge is 2.14. The van der Waals surface area contributed by atoms with Crippen molar-refractivity contribution in [2.75, 3.05) is 5.73 Å². The van der Waals surface area contributed by atoms with Gasteiger partial charge >= 0.3 is 5.97 Å². The number of aromatic carboxylic acids is 1. The molecule has 20 heavy (non-hydrogen) atoms. The van der Waals surface area contributed by atoms with Gasteiger partial charge in [-0.15, -0.1) is 0 Å². The molecule has 2 aromatic carbocycles. The number of carboxylic acids is 1. The minimum Gasteiger partial charge on any atom is -0.478 e. The van der Waals surface area contributed by atoms with Gasteiger partial charge in [0.1, 0.15) is 11.6 Å². The lowest BCUT2D eigenvalue weighted by Gasteiger charge is -2.11. The van der Waals surface area contributed by atoms with Crippen molar-refractivity contribution >= 4 is 11.7 Å². The van der Waals surface area contributed by atoms with Crippen LogP contribution in [0.1, 0.15) is 15.9 Å². The van der Waals surface area contributed by atoms with E-state index in [1.54, 1.807) is 6.92 Å². The Bertz CT molecular complexity index is 686. The van der Waals surface area contributed by atoms with E-state index in [1.807, 2.05) is 0 Å². The SMILES string of the molecule is Cc1cc(Oc2ccc(F)cc2F)cc(C(=O)O)c1N. The second-order valence-electron chi connectivity index (χ2n) is 4.18. The summed E-state index contributed by atoms with van der Waals surface area (Å²) in [5.41, 5.74) is 6.10. The van der Waals surface area contributed by atoms with Crippen LogP contribution in [0.5, 0.6) is 11.5 Å². The molecule has 2 aromatic rings. The van der Waals surface area contributed by atoms with E-state index >= 15 is 0 Å². The van der Waals surface area contributed by atoms with Crippen LogP contribution in [0.3, 0.4) is 0 Å². The zero-order valence-corrected chi connectivity index (χ0v) is 10.5. The summed E-state index contributed by atoms with van der Waals surface area (Å²) in [6.07, 6.45) is 0. The summed E-state index contributed by atoms with van der Waals surface area (Å²) in [6.45, 7) is 1.61. The van der Waals surface area contributed by atoms with Gasteiger partial charge in [0.2, 0.25) is 0 Å². The number of aryl methyl sites for hydroxylation is 1. The van der Waals surface area contributed by atoms with Crippen LogP contribution < -0.4 is 10.5 Å². The van der Waals surface area contributed by atoms with Gasteiger partial charge in [-0.1, -0.05) is 0 Å².